The zero-order chi connectivity index (χ0) is 26.3. The van der Waals surface area contributed by atoms with Gasteiger partial charge < -0.3 is 14.4 Å². The van der Waals surface area contributed by atoms with Crippen LogP contribution in [0.25, 0.3) is 0 Å². The standard InChI is InChI=1S/C28H27N3O6/c1-17-21-15-26(37-3)25(36-2)13-19(21)11-12-29(17)23-10-9-20(14-24(23)31(34)35)30-27(32)16-22(28(30)33)18-7-5-4-6-8-18/h4-10,13-15,17,22H,11-12,16H2,1-3H3. The van der Waals surface area contributed by atoms with Crippen molar-refractivity contribution >= 4 is 28.9 Å². The lowest BCUT2D eigenvalue weighted by Crippen LogP contribution is -2.34. The van der Waals surface area contributed by atoms with Crippen molar-refractivity contribution in [2.24, 2.45) is 0 Å². The van der Waals surface area contributed by atoms with Gasteiger partial charge in [0.05, 0.1) is 36.8 Å². The number of benzene rings is 3. The quantitative estimate of drug-likeness (QED) is 0.272. The van der Waals surface area contributed by atoms with Gasteiger partial charge in [0.25, 0.3) is 5.69 Å². The second kappa shape index (κ2) is 9.57. The fourth-order valence-electron chi connectivity index (χ4n) is 5.36. The minimum Gasteiger partial charge on any atom is -0.493 e. The Kier molecular flexibility index (Phi) is 6.29. The summed E-state index contributed by atoms with van der Waals surface area (Å²) in [5.74, 6) is -0.107. The molecule has 2 atom stereocenters. The number of nitro benzene ring substituents is 1. The van der Waals surface area contributed by atoms with Crippen LogP contribution in [0.3, 0.4) is 0 Å². The summed E-state index contributed by atoms with van der Waals surface area (Å²) in [5.41, 5.74) is 3.33. The van der Waals surface area contributed by atoms with E-state index in [0.29, 0.717) is 30.2 Å². The number of imide groups is 1. The Morgan fingerprint density at radius 3 is 2.35 bits per heavy atom. The summed E-state index contributed by atoms with van der Waals surface area (Å²) in [6.45, 7) is 2.54. The molecule has 0 N–H and O–H groups in total. The van der Waals surface area contributed by atoms with Gasteiger partial charge in [0, 0.05) is 19.0 Å². The minimum absolute atomic E-state index is 0.0314. The molecule has 1 saturated heterocycles. The molecule has 1 fully saturated rings. The molecule has 2 unspecified atom stereocenters. The number of hydrogen-bond acceptors (Lipinski definition) is 7. The van der Waals surface area contributed by atoms with E-state index in [1.165, 1.54) is 6.07 Å². The number of ether oxygens (including phenoxy) is 2. The van der Waals surface area contributed by atoms with Crippen LogP contribution in [0.5, 0.6) is 11.5 Å². The largest absolute Gasteiger partial charge is 0.493 e. The summed E-state index contributed by atoms with van der Waals surface area (Å²) in [6, 6.07) is 17.4. The van der Waals surface area contributed by atoms with Crippen LogP contribution in [0.15, 0.2) is 60.7 Å². The molecule has 190 valence electrons. The minimum atomic E-state index is -0.599. The van der Waals surface area contributed by atoms with Gasteiger partial charge in [-0.25, -0.2) is 4.90 Å². The van der Waals surface area contributed by atoms with Crippen LogP contribution < -0.4 is 19.3 Å². The highest BCUT2D eigenvalue weighted by Crippen LogP contribution is 2.43. The van der Waals surface area contributed by atoms with Crippen molar-refractivity contribution in [1.29, 1.82) is 0 Å². The van der Waals surface area contributed by atoms with Crippen molar-refractivity contribution in [2.75, 3.05) is 30.6 Å². The summed E-state index contributed by atoms with van der Waals surface area (Å²) >= 11 is 0. The van der Waals surface area contributed by atoms with Gasteiger partial charge in [0.1, 0.15) is 5.69 Å². The number of hydrogen-bond donors (Lipinski definition) is 0. The van der Waals surface area contributed by atoms with Gasteiger partial charge in [0.2, 0.25) is 11.8 Å². The number of rotatable bonds is 6. The maximum Gasteiger partial charge on any atom is 0.294 e. The highest BCUT2D eigenvalue weighted by molar-refractivity contribution is 6.22. The van der Waals surface area contributed by atoms with E-state index in [1.807, 2.05) is 54.3 Å². The van der Waals surface area contributed by atoms with Gasteiger partial charge >= 0.3 is 0 Å². The van der Waals surface area contributed by atoms with Gasteiger partial charge in [-0.05, 0) is 54.3 Å². The molecule has 0 saturated carbocycles. The fourth-order valence-corrected chi connectivity index (χ4v) is 5.36. The molecule has 0 radical (unpaired) electrons. The van der Waals surface area contributed by atoms with E-state index in [0.717, 1.165) is 21.6 Å². The third-order valence-corrected chi connectivity index (χ3v) is 7.26. The van der Waals surface area contributed by atoms with Crippen molar-refractivity contribution in [3.63, 3.8) is 0 Å². The van der Waals surface area contributed by atoms with E-state index < -0.39 is 10.8 Å². The Hall–Kier alpha value is -4.40. The second-order valence-corrected chi connectivity index (χ2v) is 9.19. The van der Waals surface area contributed by atoms with Crippen molar-refractivity contribution in [1.82, 2.24) is 0 Å². The average Bonchev–Trinajstić information content (AvgIpc) is 3.22. The number of carbonyl (C=O) groups excluding carboxylic acids is 2. The van der Waals surface area contributed by atoms with Crippen LogP contribution in [-0.4, -0.2) is 37.5 Å². The number of carbonyl (C=O) groups is 2. The van der Waals surface area contributed by atoms with Gasteiger partial charge in [-0.3, -0.25) is 19.7 Å². The molecular formula is C28H27N3O6. The number of nitro groups is 1. The summed E-state index contributed by atoms with van der Waals surface area (Å²) in [7, 11) is 3.16. The fraction of sp³-hybridized carbons (Fsp3) is 0.286. The molecule has 2 aliphatic heterocycles. The molecule has 9 heteroatoms. The van der Waals surface area contributed by atoms with Crippen LogP contribution in [-0.2, 0) is 16.0 Å². The van der Waals surface area contributed by atoms with E-state index in [4.69, 9.17) is 9.47 Å². The Labute approximate surface area is 214 Å². The molecule has 0 bridgehead atoms. The molecule has 2 amide bonds. The van der Waals surface area contributed by atoms with Gasteiger partial charge in [-0.2, -0.15) is 0 Å². The number of amides is 2. The van der Waals surface area contributed by atoms with Crippen molar-refractivity contribution in [3.05, 3.63) is 87.5 Å². The Bertz CT molecular complexity index is 1390. The maximum atomic E-state index is 13.2. The van der Waals surface area contributed by atoms with E-state index in [-0.39, 0.29) is 35.7 Å². The lowest BCUT2D eigenvalue weighted by molar-refractivity contribution is -0.384. The highest BCUT2D eigenvalue weighted by Gasteiger charge is 2.41. The van der Waals surface area contributed by atoms with Gasteiger partial charge in [-0.1, -0.05) is 30.3 Å². The Morgan fingerprint density at radius 1 is 0.973 bits per heavy atom. The van der Waals surface area contributed by atoms with E-state index >= 15 is 0 Å². The smallest absolute Gasteiger partial charge is 0.294 e. The van der Waals surface area contributed by atoms with Crippen molar-refractivity contribution in [3.8, 4) is 11.5 Å². The third kappa shape index (κ3) is 4.16. The number of methoxy groups -OCH3 is 2. The number of nitrogens with zero attached hydrogens (tertiary/aromatic N) is 3. The van der Waals surface area contributed by atoms with Crippen LogP contribution in [0.2, 0.25) is 0 Å². The molecule has 0 aliphatic carbocycles. The molecule has 3 aromatic carbocycles. The van der Waals surface area contributed by atoms with E-state index in [2.05, 4.69) is 0 Å². The molecule has 2 aliphatic rings. The monoisotopic (exact) mass is 501 g/mol. The van der Waals surface area contributed by atoms with Gasteiger partial charge in [0.15, 0.2) is 11.5 Å². The number of anilines is 2. The summed E-state index contributed by atoms with van der Waals surface area (Å²) in [4.78, 5) is 40.8. The zero-order valence-electron chi connectivity index (χ0n) is 20.8. The first-order valence-corrected chi connectivity index (χ1v) is 12.1. The van der Waals surface area contributed by atoms with Crippen LogP contribution in [0, 0.1) is 10.1 Å². The predicted octanol–water partition coefficient (Wildman–Crippen LogP) is 4.78. The molecule has 0 spiro atoms. The topological polar surface area (TPSA) is 102 Å². The lowest BCUT2D eigenvalue weighted by atomic mass is 9.92. The van der Waals surface area contributed by atoms with E-state index in [1.54, 1.807) is 26.4 Å². The predicted molar refractivity (Wildman–Crippen MR) is 138 cm³/mol. The first-order valence-electron chi connectivity index (χ1n) is 12.1. The van der Waals surface area contributed by atoms with E-state index in [9.17, 15) is 19.7 Å². The highest BCUT2D eigenvalue weighted by atomic mass is 16.6. The molecule has 9 nitrogen and oxygen atoms in total. The third-order valence-electron chi connectivity index (χ3n) is 7.26. The van der Waals surface area contributed by atoms with Crippen LogP contribution >= 0.6 is 0 Å². The van der Waals surface area contributed by atoms with Crippen LogP contribution in [0.4, 0.5) is 17.1 Å². The van der Waals surface area contributed by atoms with Crippen LogP contribution in [0.1, 0.15) is 42.0 Å². The first-order chi connectivity index (χ1) is 17.8. The molecule has 0 aromatic heterocycles. The summed E-state index contributed by atoms with van der Waals surface area (Å²) in [6.07, 6.45) is 0.699. The normalized spacial score (nSPS) is 19.1. The molecule has 2 heterocycles. The second-order valence-electron chi connectivity index (χ2n) is 9.19. The van der Waals surface area contributed by atoms with Crippen molar-refractivity contribution < 1.29 is 24.0 Å². The molecule has 5 rings (SSSR count). The SMILES string of the molecule is COc1cc2c(cc1OC)C(C)N(c1ccc(N3C(=O)CC(c4ccccc4)C3=O)cc1[N+](=O)[O-])CC2. The van der Waals surface area contributed by atoms with Crippen molar-refractivity contribution in [2.45, 2.75) is 31.7 Å². The Balaban J connectivity index is 1.49. The van der Waals surface area contributed by atoms with Gasteiger partial charge in [-0.15, -0.1) is 0 Å². The maximum absolute atomic E-state index is 13.2. The molecule has 3 aromatic rings. The molecular weight excluding hydrogens is 474 g/mol. The lowest BCUT2D eigenvalue weighted by Gasteiger charge is -2.37. The molecule has 37 heavy (non-hydrogen) atoms. The average molecular weight is 502 g/mol. The summed E-state index contributed by atoms with van der Waals surface area (Å²) in [5, 5.41) is 12.2. The number of fused-ring (bicyclic) bond motifs is 1. The first kappa shape index (κ1) is 24.3. The summed E-state index contributed by atoms with van der Waals surface area (Å²) < 4.78 is 10.9. The zero-order valence-corrected chi connectivity index (χ0v) is 20.8. The Morgan fingerprint density at radius 2 is 1.68 bits per heavy atom.